The number of nitrogens with one attached hydrogen (secondary N) is 1. The van der Waals surface area contributed by atoms with Gasteiger partial charge < -0.3 is 5.32 Å². The van der Waals surface area contributed by atoms with E-state index in [0.29, 0.717) is 22.8 Å². The molecule has 4 rings (SSSR count). The van der Waals surface area contributed by atoms with Gasteiger partial charge in [0.15, 0.2) is 5.82 Å². The average Bonchev–Trinajstić information content (AvgIpc) is 3.30. The van der Waals surface area contributed by atoms with Crippen LogP contribution in [0.25, 0.3) is 11.4 Å². The maximum Gasteiger partial charge on any atom is 0.243 e. The topological polar surface area (TPSA) is 93.0 Å². The fourth-order valence-electron chi connectivity index (χ4n) is 3.84. The molecule has 9 heteroatoms. The third-order valence-electron chi connectivity index (χ3n) is 5.05. The smallest absolute Gasteiger partial charge is 0.243 e. The molecule has 2 aliphatic heterocycles. The minimum Gasteiger partial charge on any atom is -0.315 e. The van der Waals surface area contributed by atoms with E-state index in [1.807, 2.05) is 6.07 Å². The zero-order valence-corrected chi connectivity index (χ0v) is 14.3. The molecule has 1 aromatic carbocycles. The van der Waals surface area contributed by atoms with Crippen molar-refractivity contribution < 1.29 is 8.42 Å². The molecule has 2 aromatic rings. The Hall–Kier alpha value is -1.84. The van der Waals surface area contributed by atoms with Gasteiger partial charge in [-0.1, -0.05) is 12.1 Å². The monoisotopic (exact) mass is 348 g/mol. The fraction of sp³-hybridized carbons (Fsp3) is 0.533. The summed E-state index contributed by atoms with van der Waals surface area (Å²) < 4.78 is 29.7. The van der Waals surface area contributed by atoms with Crippen molar-refractivity contribution in [2.45, 2.75) is 29.7 Å². The van der Waals surface area contributed by atoms with Crippen LogP contribution in [0.3, 0.4) is 0 Å². The second-order valence-electron chi connectivity index (χ2n) is 6.49. The zero-order valence-electron chi connectivity index (χ0n) is 13.5. The van der Waals surface area contributed by atoms with Crippen molar-refractivity contribution >= 4 is 10.0 Å². The second-order valence-corrected chi connectivity index (χ2v) is 8.35. The van der Waals surface area contributed by atoms with E-state index in [-0.39, 0.29) is 5.54 Å². The van der Waals surface area contributed by atoms with Crippen molar-refractivity contribution in [2.75, 3.05) is 19.6 Å². The number of tetrazole rings is 1. The third kappa shape index (κ3) is 2.35. The normalized spacial score (nSPS) is 24.9. The maximum atomic E-state index is 13.2. The van der Waals surface area contributed by atoms with Crippen LogP contribution in [0.2, 0.25) is 0 Å². The highest BCUT2D eigenvalue weighted by molar-refractivity contribution is 7.89. The Morgan fingerprint density at radius 2 is 2.17 bits per heavy atom. The van der Waals surface area contributed by atoms with Gasteiger partial charge in [0.2, 0.25) is 10.0 Å². The van der Waals surface area contributed by atoms with Gasteiger partial charge >= 0.3 is 0 Å². The summed E-state index contributed by atoms with van der Waals surface area (Å²) in [7, 11) is -1.81. The number of benzene rings is 1. The molecule has 2 aliphatic rings. The van der Waals surface area contributed by atoms with Gasteiger partial charge in [-0.2, -0.15) is 4.31 Å². The summed E-state index contributed by atoms with van der Waals surface area (Å²) in [6, 6.07) is 6.88. The predicted octanol–water partition coefficient (Wildman–Crippen LogP) is 0.394. The van der Waals surface area contributed by atoms with Crippen LogP contribution in [0, 0.1) is 0 Å². The highest BCUT2D eigenvalue weighted by Gasteiger charge is 2.49. The first-order valence-corrected chi connectivity index (χ1v) is 9.53. The van der Waals surface area contributed by atoms with Crippen molar-refractivity contribution in [1.29, 1.82) is 0 Å². The lowest BCUT2D eigenvalue weighted by atomic mass is 9.97. The number of sulfonamides is 1. The molecule has 0 radical (unpaired) electrons. The van der Waals surface area contributed by atoms with Gasteiger partial charge in [0, 0.05) is 31.2 Å². The number of hydrogen-bond acceptors (Lipinski definition) is 6. The number of rotatable bonds is 3. The first kappa shape index (κ1) is 15.7. The van der Waals surface area contributed by atoms with Gasteiger partial charge in [0.1, 0.15) is 0 Å². The number of hydrogen-bond donors (Lipinski definition) is 1. The molecule has 3 heterocycles. The van der Waals surface area contributed by atoms with Gasteiger partial charge in [-0.25, -0.2) is 13.1 Å². The summed E-state index contributed by atoms with van der Waals surface area (Å²) in [6.07, 6.45) is 2.71. The van der Waals surface area contributed by atoms with Crippen LogP contribution in [0.15, 0.2) is 29.2 Å². The van der Waals surface area contributed by atoms with Gasteiger partial charge in [0.05, 0.1) is 4.90 Å². The van der Waals surface area contributed by atoms with Crippen LogP contribution in [0.4, 0.5) is 0 Å². The number of aromatic nitrogens is 4. The molecule has 1 unspecified atom stereocenters. The number of nitrogens with zero attached hydrogens (tertiary/aromatic N) is 5. The van der Waals surface area contributed by atoms with Crippen molar-refractivity contribution in [1.82, 2.24) is 29.8 Å². The summed E-state index contributed by atoms with van der Waals surface area (Å²) in [5.74, 6) is 0.547. The van der Waals surface area contributed by atoms with Crippen molar-refractivity contribution in [3.63, 3.8) is 0 Å². The fourth-order valence-corrected chi connectivity index (χ4v) is 5.75. The van der Waals surface area contributed by atoms with E-state index in [1.54, 1.807) is 29.6 Å². The van der Waals surface area contributed by atoms with E-state index in [4.69, 9.17) is 0 Å². The van der Waals surface area contributed by atoms with Crippen LogP contribution >= 0.6 is 0 Å². The lowest BCUT2D eigenvalue weighted by molar-refractivity contribution is 0.264. The van der Waals surface area contributed by atoms with E-state index in [9.17, 15) is 8.42 Å². The summed E-state index contributed by atoms with van der Waals surface area (Å²) in [5.41, 5.74) is 0.433. The summed E-state index contributed by atoms with van der Waals surface area (Å²) in [6.45, 7) is 2.19. The van der Waals surface area contributed by atoms with Crippen molar-refractivity contribution in [3.05, 3.63) is 24.3 Å². The van der Waals surface area contributed by atoms with E-state index >= 15 is 0 Å². The van der Waals surface area contributed by atoms with Gasteiger partial charge in [-0.15, -0.1) is 5.10 Å². The minimum absolute atomic E-state index is 0.263. The van der Waals surface area contributed by atoms with Crippen molar-refractivity contribution in [3.8, 4) is 11.4 Å². The molecule has 2 fully saturated rings. The van der Waals surface area contributed by atoms with Crippen LogP contribution in [0.1, 0.15) is 19.3 Å². The SMILES string of the molecule is Cn1nnnc1-c1cccc(S(=O)(=O)N2CCCC23CCNC3)c1. The predicted molar refractivity (Wildman–Crippen MR) is 87.6 cm³/mol. The molecule has 8 nitrogen and oxygen atoms in total. The Labute approximate surface area is 140 Å². The molecule has 1 aromatic heterocycles. The summed E-state index contributed by atoms with van der Waals surface area (Å²) in [4.78, 5) is 0.302. The quantitative estimate of drug-likeness (QED) is 0.863. The Kier molecular flexibility index (Phi) is 3.66. The highest BCUT2D eigenvalue weighted by atomic mass is 32.2. The van der Waals surface area contributed by atoms with E-state index in [2.05, 4.69) is 20.8 Å². The Balaban J connectivity index is 1.74. The molecule has 1 spiro atoms. The van der Waals surface area contributed by atoms with E-state index in [0.717, 1.165) is 32.4 Å². The average molecular weight is 348 g/mol. The van der Waals surface area contributed by atoms with Crippen LogP contribution < -0.4 is 5.32 Å². The Morgan fingerprint density at radius 1 is 1.29 bits per heavy atom. The lowest BCUT2D eigenvalue weighted by Crippen LogP contribution is -2.48. The third-order valence-corrected chi connectivity index (χ3v) is 7.05. The van der Waals surface area contributed by atoms with Crippen LogP contribution in [-0.4, -0.2) is 58.1 Å². The van der Waals surface area contributed by atoms with E-state index in [1.165, 1.54) is 4.68 Å². The highest BCUT2D eigenvalue weighted by Crippen LogP contribution is 2.39. The molecule has 0 aliphatic carbocycles. The zero-order chi connectivity index (χ0) is 16.8. The molecule has 24 heavy (non-hydrogen) atoms. The second kappa shape index (κ2) is 5.61. The molecule has 1 N–H and O–H groups in total. The summed E-state index contributed by atoms with van der Waals surface area (Å²) in [5, 5.41) is 14.7. The largest absolute Gasteiger partial charge is 0.315 e. The molecule has 0 bridgehead atoms. The van der Waals surface area contributed by atoms with Gasteiger partial charge in [-0.05, 0) is 48.4 Å². The Bertz CT molecular complexity index is 851. The molecule has 128 valence electrons. The van der Waals surface area contributed by atoms with Crippen LogP contribution in [-0.2, 0) is 17.1 Å². The standard InChI is InChI=1S/C15H20N6O2S/c1-20-14(17-18-19-20)12-4-2-5-13(10-12)24(22,23)21-9-3-6-15(21)7-8-16-11-15/h2,4-5,10,16H,3,6-9,11H2,1H3. The molecule has 1 atom stereocenters. The number of aryl methyl sites for hydroxylation is 1. The molecular weight excluding hydrogens is 328 g/mol. The maximum absolute atomic E-state index is 13.2. The minimum atomic E-state index is -3.54. The molecular formula is C15H20N6O2S. The van der Waals surface area contributed by atoms with E-state index < -0.39 is 10.0 Å². The summed E-state index contributed by atoms with van der Waals surface area (Å²) >= 11 is 0. The molecule has 0 saturated carbocycles. The molecule has 0 amide bonds. The first-order valence-electron chi connectivity index (χ1n) is 8.09. The first-order chi connectivity index (χ1) is 11.5. The molecule has 2 saturated heterocycles. The lowest BCUT2D eigenvalue weighted by Gasteiger charge is -2.33. The Morgan fingerprint density at radius 3 is 2.88 bits per heavy atom. The van der Waals surface area contributed by atoms with Gasteiger partial charge in [-0.3, -0.25) is 0 Å². The van der Waals surface area contributed by atoms with Crippen LogP contribution in [0.5, 0.6) is 0 Å². The van der Waals surface area contributed by atoms with Gasteiger partial charge in [0.25, 0.3) is 0 Å². The van der Waals surface area contributed by atoms with Crippen molar-refractivity contribution in [2.24, 2.45) is 7.05 Å².